The second-order valence-electron chi connectivity index (χ2n) is 4.76. The van der Waals surface area contributed by atoms with Crippen LogP contribution in [0, 0.1) is 0 Å². The Morgan fingerprint density at radius 1 is 1.39 bits per heavy atom. The lowest BCUT2D eigenvalue weighted by Gasteiger charge is -2.10. The van der Waals surface area contributed by atoms with E-state index in [1.165, 1.54) is 5.56 Å². The first-order chi connectivity index (χ1) is 8.63. The molecule has 0 bridgehead atoms. The van der Waals surface area contributed by atoms with E-state index in [4.69, 9.17) is 10.9 Å². The summed E-state index contributed by atoms with van der Waals surface area (Å²) in [5.41, 5.74) is 7.90. The Bertz CT molecular complexity index is 388. The first-order valence-corrected chi connectivity index (χ1v) is 6.43. The van der Waals surface area contributed by atoms with Crippen LogP contribution in [0.25, 0.3) is 0 Å². The second-order valence-corrected chi connectivity index (χ2v) is 4.76. The molecule has 0 amide bonds. The molecule has 0 fully saturated rings. The summed E-state index contributed by atoms with van der Waals surface area (Å²) >= 11 is 0. The van der Waals surface area contributed by atoms with Crippen molar-refractivity contribution in [2.24, 2.45) is 10.9 Å². The Labute approximate surface area is 109 Å². The molecular formula is C14H23N3O. The van der Waals surface area contributed by atoms with Crippen molar-refractivity contribution in [1.29, 1.82) is 0 Å². The summed E-state index contributed by atoms with van der Waals surface area (Å²) in [5.74, 6) is 0.851. The van der Waals surface area contributed by atoms with Crippen LogP contribution in [-0.2, 0) is 0 Å². The molecule has 1 aromatic rings. The molecule has 0 aromatic heterocycles. The molecule has 4 nitrogen and oxygen atoms in total. The van der Waals surface area contributed by atoms with Crippen molar-refractivity contribution in [2.75, 3.05) is 11.9 Å². The Kier molecular flexibility index (Phi) is 6.05. The molecular weight excluding hydrogens is 226 g/mol. The summed E-state index contributed by atoms with van der Waals surface area (Å²) in [5, 5.41) is 14.7. The van der Waals surface area contributed by atoms with E-state index < -0.39 is 0 Å². The van der Waals surface area contributed by atoms with Crippen molar-refractivity contribution in [3.63, 3.8) is 0 Å². The standard InChI is InChI=1S/C14H23N3O/c1-11(2)12-6-5-7-13(10-12)16-9-4-3-8-14(15)17-18/h5-7,10-11,16,18H,3-4,8-9H2,1-2H3,(H2,15,17). The monoisotopic (exact) mass is 249 g/mol. The molecule has 0 heterocycles. The average molecular weight is 249 g/mol. The van der Waals surface area contributed by atoms with Gasteiger partial charge in [0, 0.05) is 18.7 Å². The third kappa shape index (κ3) is 5.08. The van der Waals surface area contributed by atoms with E-state index in [1.54, 1.807) is 0 Å². The second kappa shape index (κ2) is 7.58. The number of nitrogens with two attached hydrogens (primary N) is 1. The number of benzene rings is 1. The van der Waals surface area contributed by atoms with Crippen LogP contribution in [0.15, 0.2) is 29.4 Å². The molecule has 0 spiro atoms. The maximum absolute atomic E-state index is 8.40. The molecule has 100 valence electrons. The maximum atomic E-state index is 8.40. The quantitative estimate of drug-likeness (QED) is 0.228. The van der Waals surface area contributed by atoms with Gasteiger partial charge in [-0.25, -0.2) is 0 Å². The number of amidine groups is 1. The number of hydrogen-bond donors (Lipinski definition) is 3. The van der Waals surface area contributed by atoms with E-state index in [1.807, 2.05) is 0 Å². The molecule has 18 heavy (non-hydrogen) atoms. The molecule has 0 unspecified atom stereocenters. The number of anilines is 1. The zero-order chi connectivity index (χ0) is 13.4. The predicted molar refractivity (Wildman–Crippen MR) is 76.3 cm³/mol. The number of oxime groups is 1. The Morgan fingerprint density at radius 2 is 2.17 bits per heavy atom. The first kappa shape index (κ1) is 14.4. The number of nitrogens with zero attached hydrogens (tertiary/aromatic N) is 1. The van der Waals surface area contributed by atoms with Crippen LogP contribution in [0.3, 0.4) is 0 Å². The minimum atomic E-state index is 0.303. The van der Waals surface area contributed by atoms with Gasteiger partial charge in [0.05, 0.1) is 0 Å². The highest BCUT2D eigenvalue weighted by Crippen LogP contribution is 2.18. The number of nitrogens with one attached hydrogen (secondary N) is 1. The van der Waals surface area contributed by atoms with Crippen LogP contribution < -0.4 is 11.1 Å². The molecule has 4 heteroatoms. The van der Waals surface area contributed by atoms with E-state index in [-0.39, 0.29) is 0 Å². The van der Waals surface area contributed by atoms with Crippen molar-refractivity contribution in [3.8, 4) is 0 Å². The fraction of sp³-hybridized carbons (Fsp3) is 0.500. The molecule has 0 saturated carbocycles. The van der Waals surface area contributed by atoms with E-state index in [0.717, 1.165) is 25.1 Å². The molecule has 0 saturated heterocycles. The molecule has 4 N–H and O–H groups in total. The van der Waals surface area contributed by atoms with Gasteiger partial charge in [-0.1, -0.05) is 31.1 Å². The lowest BCUT2D eigenvalue weighted by atomic mass is 10.0. The van der Waals surface area contributed by atoms with Gasteiger partial charge in [0.25, 0.3) is 0 Å². The normalized spacial score (nSPS) is 11.8. The summed E-state index contributed by atoms with van der Waals surface area (Å²) in [7, 11) is 0. The molecule has 0 atom stereocenters. The van der Waals surface area contributed by atoms with E-state index >= 15 is 0 Å². The van der Waals surface area contributed by atoms with Gasteiger partial charge in [-0.15, -0.1) is 0 Å². The molecule has 1 aromatic carbocycles. The Morgan fingerprint density at radius 3 is 2.83 bits per heavy atom. The SMILES string of the molecule is CC(C)c1cccc(NCCCCC(N)=NO)c1. The topological polar surface area (TPSA) is 70.6 Å². The lowest BCUT2D eigenvalue weighted by molar-refractivity contribution is 0.316. The van der Waals surface area contributed by atoms with Gasteiger partial charge in [0.1, 0.15) is 5.84 Å². The van der Waals surface area contributed by atoms with Crippen molar-refractivity contribution < 1.29 is 5.21 Å². The third-order valence-corrected chi connectivity index (χ3v) is 2.87. The lowest BCUT2D eigenvalue weighted by Crippen LogP contribution is -2.11. The molecule has 0 aliphatic rings. The maximum Gasteiger partial charge on any atom is 0.139 e. The van der Waals surface area contributed by atoms with E-state index in [0.29, 0.717) is 18.2 Å². The zero-order valence-corrected chi connectivity index (χ0v) is 11.2. The zero-order valence-electron chi connectivity index (χ0n) is 11.2. The molecule has 0 radical (unpaired) electrons. The Balaban J connectivity index is 2.29. The van der Waals surface area contributed by atoms with Gasteiger partial charge in [-0.2, -0.15) is 0 Å². The number of rotatable bonds is 7. The van der Waals surface area contributed by atoms with Gasteiger partial charge in [-0.3, -0.25) is 0 Å². The fourth-order valence-corrected chi connectivity index (χ4v) is 1.72. The van der Waals surface area contributed by atoms with Gasteiger partial charge in [0.2, 0.25) is 0 Å². The third-order valence-electron chi connectivity index (χ3n) is 2.87. The van der Waals surface area contributed by atoms with Crippen LogP contribution in [0.4, 0.5) is 5.69 Å². The minimum Gasteiger partial charge on any atom is -0.409 e. The smallest absolute Gasteiger partial charge is 0.139 e. The molecule has 0 aliphatic heterocycles. The molecule has 1 rings (SSSR count). The van der Waals surface area contributed by atoms with Crippen molar-refractivity contribution in [1.82, 2.24) is 0 Å². The largest absolute Gasteiger partial charge is 0.409 e. The van der Waals surface area contributed by atoms with Crippen molar-refractivity contribution in [3.05, 3.63) is 29.8 Å². The van der Waals surface area contributed by atoms with Crippen molar-refractivity contribution in [2.45, 2.75) is 39.0 Å². The number of hydrogen-bond acceptors (Lipinski definition) is 3. The van der Waals surface area contributed by atoms with Gasteiger partial charge < -0.3 is 16.3 Å². The van der Waals surface area contributed by atoms with Crippen LogP contribution in [-0.4, -0.2) is 17.6 Å². The van der Waals surface area contributed by atoms with E-state index in [9.17, 15) is 0 Å². The van der Waals surface area contributed by atoms with Gasteiger partial charge in [0.15, 0.2) is 0 Å². The van der Waals surface area contributed by atoms with Crippen LogP contribution in [0.5, 0.6) is 0 Å². The van der Waals surface area contributed by atoms with E-state index in [2.05, 4.69) is 48.6 Å². The summed E-state index contributed by atoms with van der Waals surface area (Å²) in [4.78, 5) is 0. The minimum absolute atomic E-state index is 0.303. The number of unbranched alkanes of at least 4 members (excludes halogenated alkanes) is 1. The van der Waals surface area contributed by atoms with Crippen LogP contribution in [0.2, 0.25) is 0 Å². The highest BCUT2D eigenvalue weighted by atomic mass is 16.4. The van der Waals surface area contributed by atoms with Crippen LogP contribution in [0.1, 0.15) is 44.6 Å². The van der Waals surface area contributed by atoms with Gasteiger partial charge >= 0.3 is 0 Å². The highest BCUT2D eigenvalue weighted by Gasteiger charge is 2.00. The summed E-state index contributed by atoms with van der Waals surface area (Å²) in [6.07, 6.45) is 2.57. The summed E-state index contributed by atoms with van der Waals surface area (Å²) in [6, 6.07) is 8.49. The van der Waals surface area contributed by atoms with Gasteiger partial charge in [-0.05, 0) is 36.5 Å². The highest BCUT2D eigenvalue weighted by molar-refractivity contribution is 5.79. The molecule has 0 aliphatic carbocycles. The van der Waals surface area contributed by atoms with Crippen molar-refractivity contribution >= 4 is 11.5 Å². The van der Waals surface area contributed by atoms with Crippen LogP contribution >= 0.6 is 0 Å². The average Bonchev–Trinajstić information content (AvgIpc) is 2.38. The predicted octanol–water partition coefficient (Wildman–Crippen LogP) is 3.14. The Hall–Kier alpha value is -1.71. The fourth-order valence-electron chi connectivity index (χ4n) is 1.72. The summed E-state index contributed by atoms with van der Waals surface area (Å²) in [6.45, 7) is 5.28. The first-order valence-electron chi connectivity index (χ1n) is 6.43. The summed E-state index contributed by atoms with van der Waals surface area (Å²) < 4.78 is 0.